The zero-order chi connectivity index (χ0) is 26.8. The normalized spacial score (nSPS) is 11.9. The fourth-order valence-electron chi connectivity index (χ4n) is 3.06. The maximum absolute atomic E-state index is 14.0. The summed E-state index contributed by atoms with van der Waals surface area (Å²) >= 11 is 9.78. The summed E-state index contributed by atoms with van der Waals surface area (Å²) in [6.07, 6.45) is -0.684. The van der Waals surface area contributed by atoms with Crippen LogP contribution in [0.4, 0.5) is 4.79 Å². The number of esters is 1. The summed E-state index contributed by atoms with van der Waals surface area (Å²) in [5.41, 5.74) is 0.656. The first-order valence-corrected chi connectivity index (χ1v) is 14.8. The van der Waals surface area contributed by atoms with Crippen LogP contribution in [0.15, 0.2) is 78.9 Å². The zero-order valence-electron chi connectivity index (χ0n) is 19.8. The summed E-state index contributed by atoms with van der Waals surface area (Å²) in [5, 5.41) is -0.0657. The van der Waals surface area contributed by atoms with Gasteiger partial charge < -0.3 is 18.3 Å². The molecule has 0 heterocycles. The quantitative estimate of drug-likeness (QED) is 0.143. The SMILES string of the molecule is CCOC(=O)CN(CP(=O)(Oc1ccc(Cl)cc1)Oc1ccc(Cl)cc1)C(=O)[S+]([O-])Cc1ccccc1. The average Bonchev–Trinajstić information content (AvgIpc) is 2.87. The molecule has 0 fully saturated rings. The number of amides is 1. The Hall–Kier alpha value is -2.68. The Kier molecular flexibility index (Phi) is 10.7. The molecule has 8 nitrogen and oxygen atoms in total. The third-order valence-corrected chi connectivity index (χ3v) is 8.09. The molecule has 0 radical (unpaired) electrons. The molecule has 0 saturated carbocycles. The van der Waals surface area contributed by atoms with E-state index in [0.29, 0.717) is 15.6 Å². The Morgan fingerprint density at radius 3 is 1.89 bits per heavy atom. The highest BCUT2D eigenvalue weighted by molar-refractivity contribution is 8.05. The number of hydrogen-bond donors (Lipinski definition) is 0. The van der Waals surface area contributed by atoms with Gasteiger partial charge >= 0.3 is 18.8 Å². The lowest BCUT2D eigenvalue weighted by Crippen LogP contribution is -2.41. The van der Waals surface area contributed by atoms with E-state index in [0.717, 1.165) is 4.90 Å². The molecular formula is C25H24Cl2NO7PS. The van der Waals surface area contributed by atoms with E-state index in [2.05, 4.69) is 0 Å². The monoisotopic (exact) mass is 583 g/mol. The molecule has 3 aromatic carbocycles. The fourth-order valence-corrected chi connectivity index (χ4v) is 6.13. The molecule has 37 heavy (non-hydrogen) atoms. The molecule has 0 aliphatic rings. The lowest BCUT2D eigenvalue weighted by molar-refractivity contribution is -0.143. The topological polar surface area (TPSA) is 105 Å². The maximum Gasteiger partial charge on any atom is 0.450 e. The average molecular weight is 584 g/mol. The van der Waals surface area contributed by atoms with Gasteiger partial charge in [0, 0.05) is 15.6 Å². The molecule has 0 aliphatic heterocycles. The van der Waals surface area contributed by atoms with Crippen molar-refractivity contribution in [3.63, 3.8) is 0 Å². The highest BCUT2D eigenvalue weighted by Crippen LogP contribution is 2.49. The number of carbonyl (C=O) groups is 2. The van der Waals surface area contributed by atoms with Gasteiger partial charge in [-0.1, -0.05) is 53.5 Å². The molecule has 196 valence electrons. The fraction of sp³-hybridized carbons (Fsp3) is 0.200. The van der Waals surface area contributed by atoms with Gasteiger partial charge in [-0.05, 0) is 55.5 Å². The number of halogens is 2. The summed E-state index contributed by atoms with van der Waals surface area (Å²) in [6.45, 7) is 1.06. The van der Waals surface area contributed by atoms with Gasteiger partial charge in [0.2, 0.25) is 0 Å². The van der Waals surface area contributed by atoms with Crippen molar-refractivity contribution < 1.29 is 32.5 Å². The van der Waals surface area contributed by atoms with Gasteiger partial charge in [-0.2, -0.15) is 0 Å². The van der Waals surface area contributed by atoms with Crippen LogP contribution in [0.1, 0.15) is 12.5 Å². The second-order valence-electron chi connectivity index (χ2n) is 7.59. The van der Waals surface area contributed by atoms with Gasteiger partial charge in [-0.15, -0.1) is 0 Å². The van der Waals surface area contributed by atoms with Crippen LogP contribution in [0.3, 0.4) is 0 Å². The van der Waals surface area contributed by atoms with Gasteiger partial charge in [0.25, 0.3) is 0 Å². The van der Waals surface area contributed by atoms with E-state index in [1.807, 2.05) is 0 Å². The Morgan fingerprint density at radius 2 is 1.41 bits per heavy atom. The zero-order valence-corrected chi connectivity index (χ0v) is 23.0. The Morgan fingerprint density at radius 1 is 0.892 bits per heavy atom. The maximum atomic E-state index is 14.0. The molecular weight excluding hydrogens is 560 g/mol. The molecule has 0 saturated heterocycles. The number of hydrogen-bond acceptors (Lipinski definition) is 7. The molecule has 0 aromatic heterocycles. The third-order valence-electron chi connectivity index (χ3n) is 4.68. The first-order chi connectivity index (χ1) is 17.7. The number of carbonyl (C=O) groups excluding carboxylic acids is 2. The van der Waals surface area contributed by atoms with Crippen LogP contribution in [-0.4, -0.2) is 40.1 Å². The molecule has 0 spiro atoms. The lowest BCUT2D eigenvalue weighted by Gasteiger charge is -2.27. The second-order valence-corrected chi connectivity index (χ2v) is 11.7. The number of benzene rings is 3. The standard InChI is InChI=1S/C25H24Cl2NO7PS/c1-2-33-24(29)16-28(25(30)37(32)17-19-6-4-3-5-7-19)18-36(31,34-22-12-8-20(26)9-13-22)35-23-14-10-21(27)11-15-23/h3-15H,2,16-18H2,1H3. The van der Waals surface area contributed by atoms with Crippen LogP contribution in [0.25, 0.3) is 0 Å². The molecule has 1 amide bonds. The molecule has 3 rings (SSSR count). The smallest absolute Gasteiger partial charge is 0.450 e. The summed E-state index contributed by atoms with van der Waals surface area (Å²) in [7, 11) is -4.22. The van der Waals surface area contributed by atoms with E-state index >= 15 is 0 Å². The van der Waals surface area contributed by atoms with Crippen molar-refractivity contribution in [2.75, 3.05) is 19.4 Å². The minimum absolute atomic E-state index is 0.0637. The minimum atomic E-state index is -4.22. The van der Waals surface area contributed by atoms with Crippen LogP contribution in [0.5, 0.6) is 11.5 Å². The second kappa shape index (κ2) is 13.7. The van der Waals surface area contributed by atoms with Crippen molar-refractivity contribution in [3.05, 3.63) is 94.5 Å². The summed E-state index contributed by atoms with van der Waals surface area (Å²) < 4.78 is 43.3. The molecule has 3 aromatic rings. The highest BCUT2D eigenvalue weighted by atomic mass is 35.5. The summed E-state index contributed by atoms with van der Waals surface area (Å²) in [6, 6.07) is 20.8. The van der Waals surface area contributed by atoms with E-state index in [1.54, 1.807) is 37.3 Å². The molecule has 1 unspecified atom stereocenters. The first-order valence-electron chi connectivity index (χ1n) is 11.0. The first kappa shape index (κ1) is 28.9. The number of ether oxygens (including phenoxy) is 1. The Labute approximate surface area is 228 Å². The van der Waals surface area contributed by atoms with Crippen molar-refractivity contribution in [2.24, 2.45) is 0 Å². The Balaban J connectivity index is 1.90. The predicted octanol–water partition coefficient (Wildman–Crippen LogP) is 6.54. The molecule has 12 heteroatoms. The van der Waals surface area contributed by atoms with E-state index in [4.69, 9.17) is 37.0 Å². The van der Waals surface area contributed by atoms with Gasteiger partial charge in [0.15, 0.2) is 6.29 Å². The van der Waals surface area contributed by atoms with Gasteiger partial charge in [-0.25, -0.2) is 9.36 Å². The number of nitrogens with zero attached hydrogens (tertiary/aromatic N) is 1. The lowest BCUT2D eigenvalue weighted by atomic mass is 10.2. The van der Waals surface area contributed by atoms with Crippen LogP contribution in [0, 0.1) is 0 Å². The molecule has 0 bridgehead atoms. The molecule has 0 aliphatic carbocycles. The van der Waals surface area contributed by atoms with Crippen LogP contribution in [0.2, 0.25) is 10.0 Å². The van der Waals surface area contributed by atoms with Crippen molar-refractivity contribution in [2.45, 2.75) is 12.7 Å². The van der Waals surface area contributed by atoms with Gasteiger partial charge in [0.05, 0.1) is 17.8 Å². The minimum Gasteiger partial charge on any atom is -0.607 e. The van der Waals surface area contributed by atoms with Crippen LogP contribution in [-0.2, 0) is 31.0 Å². The van der Waals surface area contributed by atoms with Crippen LogP contribution >= 0.6 is 30.8 Å². The van der Waals surface area contributed by atoms with Crippen molar-refractivity contribution in [1.82, 2.24) is 4.90 Å². The number of rotatable bonds is 11. The predicted molar refractivity (Wildman–Crippen MR) is 144 cm³/mol. The largest absolute Gasteiger partial charge is 0.607 e. The van der Waals surface area contributed by atoms with Crippen molar-refractivity contribution >= 4 is 53.2 Å². The molecule has 0 N–H and O–H groups in total. The van der Waals surface area contributed by atoms with Gasteiger partial charge in [-0.3, -0.25) is 9.69 Å². The van der Waals surface area contributed by atoms with E-state index < -0.39 is 42.8 Å². The Bertz CT molecular complexity index is 1180. The van der Waals surface area contributed by atoms with Crippen LogP contribution < -0.4 is 9.05 Å². The van der Waals surface area contributed by atoms with Gasteiger partial charge in [0.1, 0.15) is 23.8 Å². The summed E-state index contributed by atoms with van der Waals surface area (Å²) in [4.78, 5) is 26.4. The molecule has 1 atom stereocenters. The highest BCUT2D eigenvalue weighted by Gasteiger charge is 2.39. The van der Waals surface area contributed by atoms with E-state index in [9.17, 15) is 18.7 Å². The van der Waals surface area contributed by atoms with Crippen molar-refractivity contribution in [3.8, 4) is 11.5 Å². The van der Waals surface area contributed by atoms with E-state index in [-0.39, 0.29) is 23.9 Å². The van der Waals surface area contributed by atoms with Crippen molar-refractivity contribution in [1.29, 1.82) is 0 Å². The third kappa shape index (κ3) is 9.29. The van der Waals surface area contributed by atoms with E-state index in [1.165, 1.54) is 48.5 Å². The summed E-state index contributed by atoms with van der Waals surface area (Å²) in [5.74, 6) is -0.567.